The predicted octanol–water partition coefficient (Wildman–Crippen LogP) is 2.59. The van der Waals surface area contributed by atoms with E-state index in [4.69, 9.17) is 5.73 Å². The molecule has 5 N–H and O–H groups in total. The van der Waals surface area contributed by atoms with Crippen molar-refractivity contribution in [1.82, 2.24) is 9.62 Å². The summed E-state index contributed by atoms with van der Waals surface area (Å²) in [5.41, 5.74) is 7.50. The van der Waals surface area contributed by atoms with Crippen molar-refractivity contribution in [3.8, 4) is 0 Å². The highest BCUT2D eigenvalue weighted by atomic mass is 32.2. The third kappa shape index (κ3) is 8.51. The van der Waals surface area contributed by atoms with E-state index in [9.17, 15) is 23.1 Å². The smallest absolute Gasteiger partial charge is 0.407 e. The average molecular weight is 521 g/mol. The van der Waals surface area contributed by atoms with Crippen molar-refractivity contribution in [1.29, 1.82) is 0 Å². The Bertz CT molecular complexity index is 1110. The van der Waals surface area contributed by atoms with Gasteiger partial charge in [0.15, 0.2) is 0 Å². The largest absolute Gasteiger partial charge is 0.453 e. The zero-order valence-electron chi connectivity index (χ0n) is 20.9. The van der Waals surface area contributed by atoms with E-state index < -0.39 is 28.1 Å². The minimum absolute atomic E-state index is 0.115. The molecule has 0 radical (unpaired) electrons. The summed E-state index contributed by atoms with van der Waals surface area (Å²) in [6.07, 6.45) is 0.648. The Labute approximate surface area is 212 Å². The lowest BCUT2D eigenvalue weighted by Crippen LogP contribution is -2.43. The number of ether oxygens (including phenoxy) is 1. The molecule has 0 unspecified atom stereocenters. The number of hydrogen-bond donors (Lipinski definition) is 4. The lowest BCUT2D eigenvalue weighted by molar-refractivity contribution is -0.115. The average Bonchev–Trinajstić information content (AvgIpc) is 2.85. The van der Waals surface area contributed by atoms with Crippen LogP contribution in [-0.4, -0.2) is 62.7 Å². The second kappa shape index (κ2) is 13.8. The number of aliphatic hydroxyl groups excluding tert-OH is 1. The number of sulfonamides is 1. The number of nitrogen functional groups attached to an aromatic ring is 1. The Morgan fingerprint density at radius 3 is 2.36 bits per heavy atom. The van der Waals surface area contributed by atoms with E-state index in [1.807, 2.05) is 26.0 Å². The maximum Gasteiger partial charge on any atom is 0.407 e. The third-order valence-electron chi connectivity index (χ3n) is 5.65. The standard InChI is InChI=1S/C25H36N4O6S/c1-18(2)14-15-29(36(33,34)22-12-9-20(26)10-13-22)21(17-30)11-8-19-6-4-5-7-23(19)28-24(31)16-27-25(32)35-3/h4-7,9-10,12-13,18,21,30H,8,11,14-17,26H2,1-3H3,(H,27,32)(H,28,31)/t21-/m0/s1. The number of aryl methyl sites for hydroxylation is 1. The monoisotopic (exact) mass is 520 g/mol. The fourth-order valence-electron chi connectivity index (χ4n) is 3.59. The Hall–Kier alpha value is -3.15. The van der Waals surface area contributed by atoms with Crippen LogP contribution in [0.25, 0.3) is 0 Å². The van der Waals surface area contributed by atoms with E-state index in [1.54, 1.807) is 12.1 Å². The van der Waals surface area contributed by atoms with Gasteiger partial charge in [-0.05, 0) is 61.1 Å². The minimum Gasteiger partial charge on any atom is -0.453 e. The summed E-state index contributed by atoms with van der Waals surface area (Å²) in [5.74, 6) is -0.168. The van der Waals surface area contributed by atoms with Gasteiger partial charge in [0.1, 0.15) is 6.54 Å². The summed E-state index contributed by atoms with van der Waals surface area (Å²) in [6, 6.07) is 12.5. The van der Waals surface area contributed by atoms with E-state index in [0.29, 0.717) is 30.6 Å². The molecule has 0 heterocycles. The van der Waals surface area contributed by atoms with Gasteiger partial charge in [0.2, 0.25) is 15.9 Å². The van der Waals surface area contributed by atoms with Gasteiger partial charge >= 0.3 is 6.09 Å². The number of nitrogens with one attached hydrogen (secondary N) is 2. The van der Waals surface area contributed by atoms with Crippen LogP contribution >= 0.6 is 0 Å². The summed E-state index contributed by atoms with van der Waals surface area (Å²) in [4.78, 5) is 23.6. The molecule has 0 fully saturated rings. The number of nitrogens with two attached hydrogens (primary N) is 1. The molecule has 0 aliphatic carbocycles. The minimum atomic E-state index is -3.88. The zero-order chi connectivity index (χ0) is 26.7. The fourth-order valence-corrected chi connectivity index (χ4v) is 5.25. The van der Waals surface area contributed by atoms with Gasteiger partial charge in [0, 0.05) is 24.0 Å². The Kier molecular flexibility index (Phi) is 11.2. The third-order valence-corrected chi connectivity index (χ3v) is 7.61. The molecule has 1 atom stereocenters. The number of hydrogen-bond acceptors (Lipinski definition) is 7. The molecule has 0 aliphatic heterocycles. The molecule has 10 nitrogen and oxygen atoms in total. The van der Waals surface area contributed by atoms with Crippen molar-refractivity contribution in [2.45, 2.75) is 44.0 Å². The molecular weight excluding hydrogens is 484 g/mol. The molecule has 0 aromatic heterocycles. The van der Waals surface area contributed by atoms with E-state index in [-0.39, 0.29) is 30.5 Å². The van der Waals surface area contributed by atoms with Crippen LogP contribution in [0.4, 0.5) is 16.2 Å². The molecule has 11 heteroatoms. The number of methoxy groups -OCH3 is 1. The summed E-state index contributed by atoms with van der Waals surface area (Å²) >= 11 is 0. The molecule has 0 bridgehead atoms. The van der Waals surface area contributed by atoms with Gasteiger partial charge in [0.25, 0.3) is 0 Å². The van der Waals surface area contributed by atoms with Gasteiger partial charge in [0.05, 0.1) is 18.6 Å². The number of carbonyl (C=O) groups is 2. The number of benzene rings is 2. The molecular formula is C25H36N4O6S. The normalized spacial score (nSPS) is 12.4. The van der Waals surface area contributed by atoms with Crippen LogP contribution in [0, 0.1) is 5.92 Å². The summed E-state index contributed by atoms with van der Waals surface area (Å²) in [5, 5.41) is 15.3. The highest BCUT2D eigenvalue weighted by Gasteiger charge is 2.31. The van der Waals surface area contributed by atoms with Gasteiger partial charge in [-0.1, -0.05) is 32.0 Å². The number of carbonyl (C=O) groups excluding carboxylic acids is 2. The first kappa shape index (κ1) is 29.1. The van der Waals surface area contributed by atoms with Crippen molar-refractivity contribution in [3.05, 3.63) is 54.1 Å². The molecule has 0 saturated carbocycles. The Morgan fingerprint density at radius 2 is 1.75 bits per heavy atom. The van der Waals surface area contributed by atoms with Crippen molar-refractivity contribution in [2.24, 2.45) is 5.92 Å². The highest BCUT2D eigenvalue weighted by molar-refractivity contribution is 7.89. The Morgan fingerprint density at radius 1 is 1.08 bits per heavy atom. The van der Waals surface area contributed by atoms with Crippen LogP contribution < -0.4 is 16.4 Å². The number of aliphatic hydroxyl groups is 1. The number of rotatable bonds is 13. The first-order valence-electron chi connectivity index (χ1n) is 11.8. The quantitative estimate of drug-likeness (QED) is 0.296. The second-order valence-electron chi connectivity index (χ2n) is 8.79. The fraction of sp³-hybridized carbons (Fsp3) is 0.440. The molecule has 36 heavy (non-hydrogen) atoms. The summed E-state index contributed by atoms with van der Waals surface area (Å²) < 4.78 is 32.8. The first-order chi connectivity index (χ1) is 17.1. The van der Waals surface area contributed by atoms with Crippen LogP contribution in [0.2, 0.25) is 0 Å². The lowest BCUT2D eigenvalue weighted by Gasteiger charge is -2.30. The number of para-hydroxylation sites is 1. The van der Waals surface area contributed by atoms with Crippen LogP contribution in [-0.2, 0) is 26.0 Å². The van der Waals surface area contributed by atoms with E-state index in [1.165, 1.54) is 35.7 Å². The second-order valence-corrected chi connectivity index (χ2v) is 10.7. The predicted molar refractivity (Wildman–Crippen MR) is 139 cm³/mol. The molecule has 2 aromatic carbocycles. The molecule has 2 amide bonds. The molecule has 0 aliphatic rings. The molecule has 2 aromatic rings. The van der Waals surface area contributed by atoms with Crippen LogP contribution in [0.15, 0.2) is 53.4 Å². The number of anilines is 2. The van der Waals surface area contributed by atoms with E-state index >= 15 is 0 Å². The van der Waals surface area contributed by atoms with Gasteiger partial charge in [-0.3, -0.25) is 4.79 Å². The maximum atomic E-state index is 13.5. The van der Waals surface area contributed by atoms with Crippen LogP contribution in [0.1, 0.15) is 32.3 Å². The van der Waals surface area contributed by atoms with Crippen molar-refractivity contribution in [2.75, 3.05) is 37.9 Å². The summed E-state index contributed by atoms with van der Waals surface area (Å²) in [7, 11) is -2.67. The van der Waals surface area contributed by atoms with Gasteiger partial charge in [-0.25, -0.2) is 13.2 Å². The topological polar surface area (TPSA) is 151 Å². The number of alkyl carbamates (subject to hydrolysis) is 1. The molecule has 2 rings (SSSR count). The van der Waals surface area contributed by atoms with Gasteiger partial charge < -0.3 is 26.2 Å². The van der Waals surface area contributed by atoms with Gasteiger partial charge in [-0.2, -0.15) is 4.31 Å². The lowest BCUT2D eigenvalue weighted by atomic mass is 10.0. The van der Waals surface area contributed by atoms with Crippen molar-refractivity contribution < 1.29 is 27.9 Å². The highest BCUT2D eigenvalue weighted by Crippen LogP contribution is 2.25. The van der Waals surface area contributed by atoms with Gasteiger partial charge in [-0.15, -0.1) is 0 Å². The number of nitrogens with zero attached hydrogens (tertiary/aromatic N) is 1. The van der Waals surface area contributed by atoms with Crippen molar-refractivity contribution in [3.63, 3.8) is 0 Å². The molecule has 0 saturated heterocycles. The Balaban J connectivity index is 2.21. The SMILES string of the molecule is COC(=O)NCC(=O)Nc1ccccc1CC[C@@H](CO)N(CCC(C)C)S(=O)(=O)c1ccc(N)cc1. The molecule has 198 valence electrons. The number of amides is 2. The van der Waals surface area contributed by atoms with Crippen LogP contribution in [0.5, 0.6) is 0 Å². The summed E-state index contributed by atoms with van der Waals surface area (Å²) in [6.45, 7) is 3.66. The van der Waals surface area contributed by atoms with E-state index in [0.717, 1.165) is 5.56 Å². The van der Waals surface area contributed by atoms with E-state index in [2.05, 4.69) is 15.4 Å². The maximum absolute atomic E-state index is 13.5. The first-order valence-corrected chi connectivity index (χ1v) is 13.2. The van der Waals surface area contributed by atoms with Crippen molar-refractivity contribution >= 4 is 33.4 Å². The van der Waals surface area contributed by atoms with Crippen LogP contribution in [0.3, 0.4) is 0 Å². The molecule has 0 spiro atoms. The zero-order valence-corrected chi connectivity index (χ0v) is 21.8.